The van der Waals surface area contributed by atoms with Gasteiger partial charge >= 0.3 is 0 Å². The van der Waals surface area contributed by atoms with Crippen LogP contribution >= 0.6 is 0 Å². The zero-order valence-corrected chi connectivity index (χ0v) is 17.8. The van der Waals surface area contributed by atoms with Crippen LogP contribution < -0.4 is 9.91 Å². The molecule has 4 aromatic rings. The third kappa shape index (κ3) is 4.36. The summed E-state index contributed by atoms with van der Waals surface area (Å²) in [5.74, 6) is 0. The first kappa shape index (κ1) is 19.7. The number of hydrogen-bond acceptors (Lipinski definition) is 3. The van der Waals surface area contributed by atoms with Crippen LogP contribution in [0.5, 0.6) is 0 Å². The molecule has 0 spiro atoms. The Hall–Kier alpha value is -3.59. The van der Waals surface area contributed by atoms with Gasteiger partial charge in [0.25, 0.3) is 0 Å². The van der Waals surface area contributed by atoms with Crippen LogP contribution in [0.25, 0.3) is 10.8 Å². The summed E-state index contributed by atoms with van der Waals surface area (Å²) in [5, 5.41) is 9.30. The number of benzene rings is 4. The number of nitrogens with zero attached hydrogens (tertiary/aromatic N) is 3. The first-order chi connectivity index (χ1) is 14.6. The van der Waals surface area contributed by atoms with Crippen LogP contribution in [-0.2, 0) is 6.42 Å². The molecule has 30 heavy (non-hydrogen) atoms. The minimum Gasteiger partial charge on any atom is -0.378 e. The summed E-state index contributed by atoms with van der Waals surface area (Å²) in [6.45, 7) is 2.17. The topological polar surface area (TPSA) is 18.8 Å². The molecule has 0 saturated carbocycles. The van der Waals surface area contributed by atoms with E-state index in [0.717, 1.165) is 23.4 Å². The van der Waals surface area contributed by atoms with Crippen molar-refractivity contribution in [3.05, 3.63) is 102 Å². The monoisotopic (exact) mass is 393 g/mol. The summed E-state index contributed by atoms with van der Waals surface area (Å²) in [6, 6.07) is 31.9. The van der Waals surface area contributed by atoms with E-state index in [0.29, 0.717) is 0 Å². The minimum absolute atomic E-state index is 1.03. The van der Waals surface area contributed by atoms with E-state index in [-0.39, 0.29) is 0 Å². The molecule has 0 bridgehead atoms. The van der Waals surface area contributed by atoms with Crippen LogP contribution in [0.1, 0.15) is 18.1 Å². The Labute approximate surface area is 178 Å². The Kier molecular flexibility index (Phi) is 5.80. The lowest BCUT2D eigenvalue weighted by Crippen LogP contribution is -2.10. The molecule has 0 fully saturated rings. The van der Waals surface area contributed by atoms with Gasteiger partial charge in [-0.1, -0.05) is 61.5 Å². The van der Waals surface area contributed by atoms with Gasteiger partial charge in [0.1, 0.15) is 0 Å². The van der Waals surface area contributed by atoms with Crippen molar-refractivity contribution in [2.45, 2.75) is 13.3 Å². The van der Waals surface area contributed by atoms with E-state index in [4.69, 9.17) is 5.10 Å². The summed E-state index contributed by atoms with van der Waals surface area (Å²) in [7, 11) is 4.09. The lowest BCUT2D eigenvalue weighted by molar-refractivity contribution is 1.08. The van der Waals surface area contributed by atoms with Gasteiger partial charge < -0.3 is 4.90 Å². The quantitative estimate of drug-likeness (QED) is 0.270. The maximum Gasteiger partial charge on any atom is 0.0659 e. The number of rotatable bonds is 6. The standard InChI is InChI=1S/C27H27N3/c1-4-21-9-16-26(17-10-21)30(27-18-13-23-7-5-6-8-24(23)19-27)28-20-22-11-14-25(15-12-22)29(2)3/h5-20H,4H2,1-3H3. The summed E-state index contributed by atoms with van der Waals surface area (Å²) in [5.41, 5.74) is 5.65. The summed E-state index contributed by atoms with van der Waals surface area (Å²) < 4.78 is 0. The average molecular weight is 394 g/mol. The Morgan fingerprint density at radius 2 is 1.33 bits per heavy atom. The zero-order chi connectivity index (χ0) is 20.9. The van der Waals surface area contributed by atoms with Crippen molar-refractivity contribution < 1.29 is 0 Å². The van der Waals surface area contributed by atoms with Gasteiger partial charge in [-0.15, -0.1) is 0 Å². The van der Waals surface area contributed by atoms with Crippen LogP contribution in [0.4, 0.5) is 17.1 Å². The fourth-order valence-corrected chi connectivity index (χ4v) is 3.45. The van der Waals surface area contributed by atoms with Crippen molar-refractivity contribution in [2.75, 3.05) is 24.0 Å². The smallest absolute Gasteiger partial charge is 0.0659 e. The molecular formula is C27H27N3. The van der Waals surface area contributed by atoms with Crippen molar-refractivity contribution in [1.29, 1.82) is 0 Å². The van der Waals surface area contributed by atoms with Crippen LogP contribution in [0, 0.1) is 0 Å². The van der Waals surface area contributed by atoms with Gasteiger partial charge in [-0.25, -0.2) is 5.01 Å². The first-order valence-corrected chi connectivity index (χ1v) is 10.3. The summed E-state index contributed by atoms with van der Waals surface area (Å²) >= 11 is 0. The lowest BCUT2D eigenvalue weighted by atomic mass is 10.1. The van der Waals surface area contributed by atoms with Gasteiger partial charge in [0, 0.05) is 19.8 Å². The van der Waals surface area contributed by atoms with Gasteiger partial charge in [-0.2, -0.15) is 5.10 Å². The van der Waals surface area contributed by atoms with Gasteiger partial charge in [0.15, 0.2) is 0 Å². The molecule has 4 rings (SSSR count). The van der Waals surface area contributed by atoms with Crippen LogP contribution in [-0.4, -0.2) is 20.3 Å². The highest BCUT2D eigenvalue weighted by Crippen LogP contribution is 2.29. The number of hydrogen-bond donors (Lipinski definition) is 0. The van der Waals surface area contributed by atoms with Gasteiger partial charge in [0.05, 0.1) is 17.6 Å². The van der Waals surface area contributed by atoms with Crippen molar-refractivity contribution in [2.24, 2.45) is 5.10 Å². The molecule has 0 aliphatic heterocycles. The summed E-state index contributed by atoms with van der Waals surface area (Å²) in [4.78, 5) is 2.09. The number of anilines is 3. The van der Waals surface area contributed by atoms with Crippen LogP contribution in [0.15, 0.2) is 96.1 Å². The molecule has 0 unspecified atom stereocenters. The predicted octanol–water partition coefficient (Wildman–Crippen LogP) is 6.64. The first-order valence-electron chi connectivity index (χ1n) is 10.3. The Bertz CT molecular complexity index is 1140. The molecule has 0 heterocycles. The molecule has 0 radical (unpaired) electrons. The lowest BCUT2D eigenvalue weighted by Gasteiger charge is -2.20. The highest BCUT2D eigenvalue weighted by molar-refractivity contribution is 5.88. The molecule has 0 aliphatic carbocycles. The van der Waals surface area contributed by atoms with E-state index >= 15 is 0 Å². The van der Waals surface area contributed by atoms with E-state index in [1.54, 1.807) is 0 Å². The Balaban J connectivity index is 1.72. The van der Waals surface area contributed by atoms with Crippen LogP contribution in [0.3, 0.4) is 0 Å². The second kappa shape index (κ2) is 8.83. The molecule has 0 atom stereocenters. The van der Waals surface area contributed by atoms with E-state index < -0.39 is 0 Å². The number of fused-ring (bicyclic) bond motifs is 1. The van der Waals surface area contributed by atoms with E-state index in [1.807, 2.05) is 25.3 Å². The summed E-state index contributed by atoms with van der Waals surface area (Å²) in [6.07, 6.45) is 2.94. The molecule has 3 nitrogen and oxygen atoms in total. The fourth-order valence-electron chi connectivity index (χ4n) is 3.45. The average Bonchev–Trinajstić information content (AvgIpc) is 2.80. The highest BCUT2D eigenvalue weighted by Gasteiger charge is 2.09. The molecule has 0 aliphatic rings. The second-order valence-electron chi connectivity index (χ2n) is 7.59. The fraction of sp³-hybridized carbons (Fsp3) is 0.148. The van der Waals surface area contributed by atoms with Gasteiger partial charge in [-0.05, 0) is 64.7 Å². The third-order valence-corrected chi connectivity index (χ3v) is 5.30. The maximum absolute atomic E-state index is 4.87. The molecule has 0 amide bonds. The second-order valence-corrected chi connectivity index (χ2v) is 7.59. The molecule has 0 N–H and O–H groups in total. The number of aryl methyl sites for hydroxylation is 1. The third-order valence-electron chi connectivity index (χ3n) is 5.30. The number of hydrazone groups is 1. The molecule has 0 saturated heterocycles. The van der Waals surface area contributed by atoms with Crippen molar-refractivity contribution in [1.82, 2.24) is 0 Å². The Morgan fingerprint density at radius 1 is 0.700 bits per heavy atom. The van der Waals surface area contributed by atoms with E-state index in [2.05, 4.69) is 103 Å². The van der Waals surface area contributed by atoms with Crippen molar-refractivity contribution in [3.63, 3.8) is 0 Å². The van der Waals surface area contributed by atoms with Gasteiger partial charge in [-0.3, -0.25) is 0 Å². The van der Waals surface area contributed by atoms with E-state index in [9.17, 15) is 0 Å². The molecule has 0 aromatic heterocycles. The molecule has 4 aromatic carbocycles. The normalized spacial score (nSPS) is 11.2. The predicted molar refractivity (Wildman–Crippen MR) is 130 cm³/mol. The van der Waals surface area contributed by atoms with Crippen molar-refractivity contribution in [3.8, 4) is 0 Å². The molecular weight excluding hydrogens is 366 g/mol. The minimum atomic E-state index is 1.03. The van der Waals surface area contributed by atoms with Gasteiger partial charge in [0.2, 0.25) is 0 Å². The van der Waals surface area contributed by atoms with E-state index in [1.165, 1.54) is 22.0 Å². The van der Waals surface area contributed by atoms with Crippen LogP contribution in [0.2, 0.25) is 0 Å². The largest absolute Gasteiger partial charge is 0.378 e. The van der Waals surface area contributed by atoms with Crippen molar-refractivity contribution >= 4 is 34.0 Å². The molecule has 150 valence electrons. The SMILES string of the molecule is CCc1ccc(N(N=Cc2ccc(N(C)C)cc2)c2ccc3ccccc3c2)cc1. The zero-order valence-electron chi connectivity index (χ0n) is 17.8. The highest BCUT2D eigenvalue weighted by atomic mass is 15.5. The Morgan fingerprint density at radius 3 is 2.00 bits per heavy atom. The maximum atomic E-state index is 4.87. The molecule has 3 heteroatoms.